The van der Waals surface area contributed by atoms with E-state index in [0.29, 0.717) is 0 Å². The van der Waals surface area contributed by atoms with Gasteiger partial charge in [-0.25, -0.2) is 4.79 Å². The van der Waals surface area contributed by atoms with Crippen LogP contribution in [0.1, 0.15) is 11.1 Å². The lowest BCUT2D eigenvalue weighted by molar-refractivity contribution is 0.254. The molecule has 0 radical (unpaired) electrons. The van der Waals surface area contributed by atoms with Crippen LogP contribution >= 0.6 is 0 Å². The fraction of sp³-hybridized carbons (Fsp3) is 0.235. The summed E-state index contributed by atoms with van der Waals surface area (Å²) < 4.78 is 0. The Morgan fingerprint density at radius 2 is 2.00 bits per heavy atom. The highest BCUT2D eigenvalue weighted by Gasteiger charge is 2.12. The van der Waals surface area contributed by atoms with Crippen molar-refractivity contribution in [2.75, 3.05) is 18.9 Å². The van der Waals surface area contributed by atoms with Crippen molar-refractivity contribution >= 4 is 11.7 Å². The van der Waals surface area contributed by atoms with Gasteiger partial charge in [0.25, 0.3) is 0 Å². The highest BCUT2D eigenvalue weighted by atomic mass is 16.2. The lowest BCUT2D eigenvalue weighted by atomic mass is 9.95. The molecule has 1 heterocycles. The predicted octanol–water partition coefficient (Wildman–Crippen LogP) is 2.75. The second-order valence-corrected chi connectivity index (χ2v) is 5.16. The maximum atomic E-state index is 11.6. The number of rotatable bonds is 2. The fourth-order valence-electron chi connectivity index (χ4n) is 2.67. The van der Waals surface area contributed by atoms with E-state index in [1.54, 1.807) is 7.05 Å². The van der Waals surface area contributed by atoms with Crippen molar-refractivity contribution in [2.45, 2.75) is 13.0 Å². The lowest BCUT2D eigenvalue weighted by Gasteiger charge is -2.19. The van der Waals surface area contributed by atoms with Gasteiger partial charge in [-0.05, 0) is 35.7 Å². The summed E-state index contributed by atoms with van der Waals surface area (Å²) in [5.41, 5.74) is 5.76. The second kappa shape index (κ2) is 5.97. The number of carbonyl (C=O) groups is 1. The van der Waals surface area contributed by atoms with Gasteiger partial charge in [-0.1, -0.05) is 36.4 Å². The van der Waals surface area contributed by atoms with Crippen LogP contribution in [-0.2, 0) is 13.0 Å². The van der Waals surface area contributed by atoms with Crippen molar-refractivity contribution in [2.24, 2.45) is 0 Å². The Bertz CT molecular complexity index is 667. The molecule has 4 heteroatoms. The Kier molecular flexibility index (Phi) is 3.88. The molecule has 0 aromatic heterocycles. The summed E-state index contributed by atoms with van der Waals surface area (Å²) in [4.78, 5) is 11.6. The SMILES string of the molecule is CNC(=O)Nc1ccccc1-c1ccc2c(c1)CCNC2. The number of benzene rings is 2. The molecule has 1 aliphatic rings. The van der Waals surface area contributed by atoms with E-state index < -0.39 is 0 Å². The van der Waals surface area contributed by atoms with Crippen LogP contribution in [0.5, 0.6) is 0 Å². The number of hydrogen-bond acceptors (Lipinski definition) is 2. The molecule has 1 aliphatic heterocycles. The van der Waals surface area contributed by atoms with E-state index in [-0.39, 0.29) is 6.03 Å². The Morgan fingerprint density at radius 3 is 2.86 bits per heavy atom. The molecule has 0 saturated carbocycles. The molecule has 21 heavy (non-hydrogen) atoms. The molecule has 2 aromatic rings. The molecular weight excluding hydrogens is 262 g/mol. The van der Waals surface area contributed by atoms with E-state index in [9.17, 15) is 4.79 Å². The van der Waals surface area contributed by atoms with Crippen LogP contribution in [0.4, 0.5) is 10.5 Å². The number of amides is 2. The number of hydrogen-bond donors (Lipinski definition) is 3. The first-order chi connectivity index (χ1) is 10.3. The minimum absolute atomic E-state index is 0.204. The highest BCUT2D eigenvalue weighted by molar-refractivity contribution is 5.94. The Balaban J connectivity index is 1.98. The number of anilines is 1. The van der Waals surface area contributed by atoms with Crippen LogP contribution in [-0.4, -0.2) is 19.6 Å². The van der Waals surface area contributed by atoms with E-state index in [0.717, 1.165) is 36.3 Å². The van der Waals surface area contributed by atoms with Crippen LogP contribution in [0.25, 0.3) is 11.1 Å². The zero-order chi connectivity index (χ0) is 14.7. The van der Waals surface area contributed by atoms with E-state index in [1.165, 1.54) is 11.1 Å². The topological polar surface area (TPSA) is 53.2 Å². The van der Waals surface area contributed by atoms with Gasteiger partial charge in [0.2, 0.25) is 0 Å². The molecule has 0 atom stereocenters. The summed E-state index contributed by atoms with van der Waals surface area (Å²) in [6, 6.07) is 14.2. The third-order valence-corrected chi connectivity index (χ3v) is 3.81. The van der Waals surface area contributed by atoms with Gasteiger partial charge in [-0.3, -0.25) is 0 Å². The molecule has 0 saturated heterocycles. The lowest BCUT2D eigenvalue weighted by Crippen LogP contribution is -2.24. The summed E-state index contributed by atoms with van der Waals surface area (Å²) >= 11 is 0. The average molecular weight is 281 g/mol. The van der Waals surface area contributed by atoms with Gasteiger partial charge in [-0.2, -0.15) is 0 Å². The zero-order valence-corrected chi connectivity index (χ0v) is 12.1. The Hall–Kier alpha value is -2.33. The van der Waals surface area contributed by atoms with Crippen molar-refractivity contribution in [3.63, 3.8) is 0 Å². The number of para-hydroxylation sites is 1. The molecular formula is C17H19N3O. The van der Waals surface area contributed by atoms with E-state index >= 15 is 0 Å². The van der Waals surface area contributed by atoms with Crippen molar-refractivity contribution in [3.8, 4) is 11.1 Å². The summed E-state index contributed by atoms with van der Waals surface area (Å²) in [6.45, 7) is 1.96. The monoisotopic (exact) mass is 281 g/mol. The predicted molar refractivity (Wildman–Crippen MR) is 85.4 cm³/mol. The molecule has 0 unspecified atom stereocenters. The Morgan fingerprint density at radius 1 is 1.14 bits per heavy atom. The summed E-state index contributed by atoms with van der Waals surface area (Å²) in [5.74, 6) is 0. The maximum absolute atomic E-state index is 11.6. The second-order valence-electron chi connectivity index (χ2n) is 5.16. The Labute approximate surface area is 124 Å². The smallest absolute Gasteiger partial charge is 0.318 e. The normalized spacial score (nSPS) is 13.4. The number of fused-ring (bicyclic) bond motifs is 1. The fourth-order valence-corrected chi connectivity index (χ4v) is 2.67. The largest absolute Gasteiger partial charge is 0.341 e. The standard InChI is InChI=1S/C17H19N3O/c1-18-17(21)20-16-5-3-2-4-15(16)13-6-7-14-11-19-9-8-12(14)10-13/h2-7,10,19H,8-9,11H2,1H3,(H2,18,20,21). The molecule has 3 rings (SSSR count). The van der Waals surface area contributed by atoms with Crippen molar-refractivity contribution in [1.82, 2.24) is 10.6 Å². The quantitative estimate of drug-likeness (QED) is 0.793. The number of carbonyl (C=O) groups excluding carboxylic acids is 1. The van der Waals surface area contributed by atoms with E-state index in [2.05, 4.69) is 34.1 Å². The molecule has 108 valence electrons. The molecule has 0 aliphatic carbocycles. The van der Waals surface area contributed by atoms with E-state index in [4.69, 9.17) is 0 Å². The first-order valence-electron chi connectivity index (χ1n) is 7.18. The minimum Gasteiger partial charge on any atom is -0.341 e. The van der Waals surface area contributed by atoms with Gasteiger partial charge < -0.3 is 16.0 Å². The van der Waals surface area contributed by atoms with E-state index in [1.807, 2.05) is 24.3 Å². The van der Waals surface area contributed by atoms with Crippen LogP contribution in [0, 0.1) is 0 Å². The van der Waals surface area contributed by atoms with Gasteiger partial charge in [0.1, 0.15) is 0 Å². The summed E-state index contributed by atoms with van der Waals surface area (Å²) in [7, 11) is 1.61. The molecule has 0 bridgehead atoms. The van der Waals surface area contributed by atoms with Crippen LogP contribution in [0.2, 0.25) is 0 Å². The highest BCUT2D eigenvalue weighted by Crippen LogP contribution is 2.30. The van der Waals surface area contributed by atoms with Crippen LogP contribution in [0.15, 0.2) is 42.5 Å². The third kappa shape index (κ3) is 2.90. The molecule has 4 nitrogen and oxygen atoms in total. The van der Waals surface area contributed by atoms with Crippen LogP contribution < -0.4 is 16.0 Å². The number of nitrogens with one attached hydrogen (secondary N) is 3. The molecule has 0 fully saturated rings. The van der Waals surface area contributed by atoms with Gasteiger partial charge in [0.15, 0.2) is 0 Å². The first kappa shape index (κ1) is 13.6. The first-order valence-corrected chi connectivity index (χ1v) is 7.18. The van der Waals surface area contributed by atoms with Gasteiger partial charge >= 0.3 is 6.03 Å². The molecule has 3 N–H and O–H groups in total. The van der Waals surface area contributed by atoms with Crippen molar-refractivity contribution in [3.05, 3.63) is 53.6 Å². The summed E-state index contributed by atoms with van der Waals surface area (Å²) in [5, 5.41) is 8.84. The van der Waals surface area contributed by atoms with Gasteiger partial charge in [0.05, 0.1) is 5.69 Å². The molecule has 2 aromatic carbocycles. The number of urea groups is 1. The zero-order valence-electron chi connectivity index (χ0n) is 12.1. The van der Waals surface area contributed by atoms with Gasteiger partial charge in [0, 0.05) is 19.2 Å². The summed E-state index contributed by atoms with van der Waals surface area (Å²) in [6.07, 6.45) is 1.05. The van der Waals surface area contributed by atoms with Crippen molar-refractivity contribution in [1.29, 1.82) is 0 Å². The maximum Gasteiger partial charge on any atom is 0.318 e. The van der Waals surface area contributed by atoms with Crippen LogP contribution in [0.3, 0.4) is 0 Å². The van der Waals surface area contributed by atoms with Crippen molar-refractivity contribution < 1.29 is 4.79 Å². The molecule has 2 amide bonds. The minimum atomic E-state index is -0.204. The average Bonchev–Trinajstić information content (AvgIpc) is 2.55. The third-order valence-electron chi connectivity index (χ3n) is 3.81. The molecule has 0 spiro atoms. The van der Waals surface area contributed by atoms with Gasteiger partial charge in [-0.15, -0.1) is 0 Å².